The second kappa shape index (κ2) is 5.86. The highest BCUT2D eigenvalue weighted by molar-refractivity contribution is 5.99. The Balaban J connectivity index is 1.74. The van der Waals surface area contributed by atoms with Crippen LogP contribution in [-0.2, 0) is 0 Å². The summed E-state index contributed by atoms with van der Waals surface area (Å²) in [5, 5.41) is 2.04. The zero-order valence-electron chi connectivity index (χ0n) is 12.7. The van der Waals surface area contributed by atoms with Crippen molar-refractivity contribution in [1.82, 2.24) is 10.4 Å². The maximum absolute atomic E-state index is 13.2. The first kappa shape index (κ1) is 14.0. The van der Waals surface area contributed by atoms with E-state index in [1.165, 1.54) is 0 Å². The van der Waals surface area contributed by atoms with Crippen LogP contribution >= 0.6 is 0 Å². The van der Waals surface area contributed by atoms with Gasteiger partial charge < -0.3 is 5.01 Å². The van der Waals surface area contributed by atoms with E-state index >= 15 is 0 Å². The number of hydrazine groups is 1. The molecule has 2 heterocycles. The molecule has 1 fully saturated rings. The minimum Gasteiger partial charge on any atom is -0.307 e. The van der Waals surface area contributed by atoms with Crippen molar-refractivity contribution in [2.24, 2.45) is 5.92 Å². The molecular formula is C20H18N2O. The van der Waals surface area contributed by atoms with E-state index in [-0.39, 0.29) is 23.8 Å². The predicted octanol–water partition coefficient (Wildman–Crippen LogP) is 3.50. The molecule has 0 bridgehead atoms. The standard InChI is InChI=1S/C20H18N2O/c23-20(16-11-5-2-6-12-16)18-17-13-7-8-14-22(17)21-19(18)15-9-3-1-4-10-15/h1-14,17-19,21H. The predicted molar refractivity (Wildman–Crippen MR) is 90.5 cm³/mol. The van der Waals surface area contributed by atoms with Crippen LogP contribution in [-0.4, -0.2) is 16.8 Å². The highest BCUT2D eigenvalue weighted by Gasteiger charge is 2.44. The van der Waals surface area contributed by atoms with Crippen molar-refractivity contribution in [3.05, 3.63) is 96.2 Å². The van der Waals surface area contributed by atoms with Crippen LogP contribution in [0.2, 0.25) is 0 Å². The van der Waals surface area contributed by atoms with E-state index in [9.17, 15) is 4.79 Å². The van der Waals surface area contributed by atoms with Crippen LogP contribution < -0.4 is 5.43 Å². The zero-order valence-corrected chi connectivity index (χ0v) is 12.7. The number of hydrogen-bond donors (Lipinski definition) is 1. The van der Waals surface area contributed by atoms with Crippen molar-refractivity contribution < 1.29 is 4.79 Å². The van der Waals surface area contributed by atoms with Gasteiger partial charge in [0.25, 0.3) is 0 Å². The molecule has 4 rings (SSSR count). The molecule has 3 atom stereocenters. The highest BCUT2D eigenvalue weighted by atomic mass is 16.1. The van der Waals surface area contributed by atoms with E-state index < -0.39 is 0 Å². The molecule has 0 aliphatic carbocycles. The Hall–Kier alpha value is -2.65. The maximum Gasteiger partial charge on any atom is 0.170 e. The van der Waals surface area contributed by atoms with Crippen LogP contribution in [0.4, 0.5) is 0 Å². The summed E-state index contributed by atoms with van der Waals surface area (Å²) in [6, 6.07) is 19.8. The smallest absolute Gasteiger partial charge is 0.170 e. The molecule has 2 aliphatic heterocycles. The van der Waals surface area contributed by atoms with Gasteiger partial charge in [-0.2, -0.15) is 0 Å². The molecule has 3 unspecified atom stereocenters. The van der Waals surface area contributed by atoms with E-state index in [1.807, 2.05) is 71.9 Å². The van der Waals surface area contributed by atoms with E-state index in [0.29, 0.717) is 0 Å². The number of hydrogen-bond acceptors (Lipinski definition) is 3. The average molecular weight is 302 g/mol. The van der Waals surface area contributed by atoms with Crippen LogP contribution in [0.1, 0.15) is 22.0 Å². The van der Waals surface area contributed by atoms with Crippen molar-refractivity contribution in [3.8, 4) is 0 Å². The largest absolute Gasteiger partial charge is 0.307 e. The van der Waals surface area contributed by atoms with Gasteiger partial charge in [0.05, 0.1) is 18.0 Å². The fraction of sp³-hybridized carbons (Fsp3) is 0.150. The van der Waals surface area contributed by atoms with Crippen molar-refractivity contribution in [1.29, 1.82) is 0 Å². The Bertz CT molecular complexity index is 752. The molecule has 3 nitrogen and oxygen atoms in total. The van der Waals surface area contributed by atoms with Crippen molar-refractivity contribution in [2.45, 2.75) is 12.1 Å². The molecule has 1 saturated heterocycles. The summed E-state index contributed by atoms with van der Waals surface area (Å²) in [4.78, 5) is 13.2. The lowest BCUT2D eigenvalue weighted by atomic mass is 9.83. The number of benzene rings is 2. The third-order valence-corrected chi connectivity index (χ3v) is 4.52. The van der Waals surface area contributed by atoms with Crippen LogP contribution in [0.5, 0.6) is 0 Å². The summed E-state index contributed by atoms with van der Waals surface area (Å²) in [5.41, 5.74) is 5.39. The molecular weight excluding hydrogens is 284 g/mol. The third kappa shape index (κ3) is 2.49. The number of nitrogens with zero attached hydrogens (tertiary/aromatic N) is 1. The first-order valence-corrected chi connectivity index (χ1v) is 7.88. The second-order valence-electron chi connectivity index (χ2n) is 5.90. The highest BCUT2D eigenvalue weighted by Crippen LogP contribution is 2.37. The summed E-state index contributed by atoms with van der Waals surface area (Å²) in [6.07, 6.45) is 8.10. The van der Waals surface area contributed by atoms with Gasteiger partial charge in [-0.3, -0.25) is 4.79 Å². The van der Waals surface area contributed by atoms with Gasteiger partial charge >= 0.3 is 0 Å². The minimum atomic E-state index is -0.152. The molecule has 0 amide bonds. The summed E-state index contributed by atoms with van der Waals surface area (Å²) in [5.74, 6) is 0.0282. The molecule has 0 aromatic heterocycles. The number of rotatable bonds is 3. The third-order valence-electron chi connectivity index (χ3n) is 4.52. The number of carbonyl (C=O) groups excluding carboxylic acids is 1. The van der Waals surface area contributed by atoms with Crippen LogP contribution in [0.3, 0.4) is 0 Å². The van der Waals surface area contributed by atoms with Gasteiger partial charge in [0.2, 0.25) is 0 Å². The minimum absolute atomic E-state index is 0.0266. The van der Waals surface area contributed by atoms with Gasteiger partial charge in [0, 0.05) is 11.8 Å². The van der Waals surface area contributed by atoms with E-state index in [1.54, 1.807) is 0 Å². The molecule has 0 saturated carbocycles. The maximum atomic E-state index is 13.2. The molecule has 2 aromatic rings. The van der Waals surface area contributed by atoms with Crippen molar-refractivity contribution in [3.63, 3.8) is 0 Å². The molecule has 114 valence electrons. The lowest BCUT2D eigenvalue weighted by Crippen LogP contribution is -2.34. The Kier molecular flexibility index (Phi) is 3.56. The summed E-state index contributed by atoms with van der Waals surface area (Å²) < 4.78 is 0. The Morgan fingerprint density at radius 2 is 1.61 bits per heavy atom. The molecule has 2 aliphatic rings. The number of carbonyl (C=O) groups is 1. The van der Waals surface area contributed by atoms with E-state index in [2.05, 4.69) is 23.6 Å². The average Bonchev–Trinajstić information content (AvgIpc) is 3.02. The second-order valence-corrected chi connectivity index (χ2v) is 5.90. The van der Waals surface area contributed by atoms with Crippen LogP contribution in [0.15, 0.2) is 85.1 Å². The Morgan fingerprint density at radius 3 is 2.35 bits per heavy atom. The number of fused-ring (bicyclic) bond motifs is 1. The topological polar surface area (TPSA) is 32.3 Å². The number of ketones is 1. The normalized spacial score (nSPS) is 25.4. The van der Waals surface area contributed by atoms with E-state index in [4.69, 9.17) is 0 Å². The molecule has 0 spiro atoms. The van der Waals surface area contributed by atoms with Gasteiger partial charge in [-0.1, -0.05) is 72.8 Å². The number of nitrogens with one attached hydrogen (secondary N) is 1. The molecule has 3 heteroatoms. The fourth-order valence-corrected chi connectivity index (χ4v) is 3.42. The summed E-state index contributed by atoms with van der Waals surface area (Å²) in [6.45, 7) is 0. The zero-order chi connectivity index (χ0) is 15.6. The lowest BCUT2D eigenvalue weighted by Gasteiger charge is -2.24. The molecule has 23 heavy (non-hydrogen) atoms. The monoisotopic (exact) mass is 302 g/mol. The van der Waals surface area contributed by atoms with Crippen molar-refractivity contribution >= 4 is 5.78 Å². The first-order chi connectivity index (χ1) is 11.3. The molecule has 0 radical (unpaired) electrons. The van der Waals surface area contributed by atoms with Crippen molar-refractivity contribution in [2.75, 3.05) is 0 Å². The van der Waals surface area contributed by atoms with E-state index in [0.717, 1.165) is 11.1 Å². The summed E-state index contributed by atoms with van der Waals surface area (Å²) in [7, 11) is 0. The number of Topliss-reactive ketones (excluding diaryl/α,β-unsaturated/α-hetero) is 1. The Morgan fingerprint density at radius 1 is 0.913 bits per heavy atom. The lowest BCUT2D eigenvalue weighted by molar-refractivity contribution is 0.0899. The molecule has 2 aromatic carbocycles. The first-order valence-electron chi connectivity index (χ1n) is 7.88. The SMILES string of the molecule is O=C(c1ccccc1)C1C(c2ccccc2)NN2C=CC=CC12. The Labute approximate surface area is 135 Å². The van der Waals surface area contributed by atoms with Gasteiger partial charge in [0.15, 0.2) is 5.78 Å². The quantitative estimate of drug-likeness (QED) is 0.881. The summed E-state index contributed by atoms with van der Waals surface area (Å²) >= 11 is 0. The van der Waals surface area contributed by atoms with Gasteiger partial charge in [-0.25, -0.2) is 5.43 Å². The molecule has 1 N–H and O–H groups in total. The van der Waals surface area contributed by atoms with Crippen LogP contribution in [0, 0.1) is 5.92 Å². The van der Waals surface area contributed by atoms with Crippen LogP contribution in [0.25, 0.3) is 0 Å². The fourth-order valence-electron chi connectivity index (χ4n) is 3.42. The van der Waals surface area contributed by atoms with Gasteiger partial charge in [-0.05, 0) is 11.6 Å². The number of allylic oxidation sites excluding steroid dienone is 2. The van der Waals surface area contributed by atoms with Gasteiger partial charge in [0.1, 0.15) is 0 Å². The van der Waals surface area contributed by atoms with Gasteiger partial charge in [-0.15, -0.1) is 0 Å².